The van der Waals surface area contributed by atoms with E-state index in [-0.39, 0.29) is 18.3 Å². The molecule has 5 nitrogen and oxygen atoms in total. The van der Waals surface area contributed by atoms with Crippen LogP contribution in [0.15, 0.2) is 18.2 Å². The van der Waals surface area contributed by atoms with E-state index in [1.165, 1.54) is 12.1 Å². The molecule has 1 unspecified atom stereocenters. The number of aromatic hydroxyl groups is 1. The molecule has 1 rings (SSSR count). The largest absolute Gasteiger partial charge is 0.508 e. The van der Waals surface area contributed by atoms with E-state index in [1.54, 1.807) is 13.0 Å². The summed E-state index contributed by atoms with van der Waals surface area (Å²) in [6.07, 6.45) is -0.772. The summed E-state index contributed by atoms with van der Waals surface area (Å²) in [5, 5.41) is 18.5. The zero-order valence-electron chi connectivity index (χ0n) is 11.4. The lowest BCUT2D eigenvalue weighted by atomic mass is 10.1. The number of carboxylic acids is 1. The van der Waals surface area contributed by atoms with Crippen molar-refractivity contribution in [3.8, 4) is 11.5 Å². The first-order chi connectivity index (χ1) is 8.93. The first kappa shape index (κ1) is 15.3. The van der Waals surface area contributed by atoms with Crippen LogP contribution in [0, 0.1) is 0 Å². The Balaban J connectivity index is 2.94. The van der Waals surface area contributed by atoms with Crippen LogP contribution in [0.1, 0.15) is 26.3 Å². The molecule has 0 saturated carbocycles. The predicted octanol–water partition coefficient (Wildman–Crippen LogP) is 2.21. The molecule has 1 atom stereocenters. The van der Waals surface area contributed by atoms with Gasteiger partial charge in [0, 0.05) is 19.1 Å². The summed E-state index contributed by atoms with van der Waals surface area (Å²) in [4.78, 5) is 11.1. The molecule has 1 aromatic carbocycles. The Labute approximate surface area is 112 Å². The minimum atomic E-state index is -1.01. The normalized spacial score (nSPS) is 12.4. The SMILES string of the molecule is CCOC(Cc1ccc(O)cc1OC(C)C)C(=O)O. The smallest absolute Gasteiger partial charge is 0.333 e. The molecule has 19 heavy (non-hydrogen) atoms. The number of carboxylic acid groups (broad SMARTS) is 1. The Morgan fingerprint density at radius 3 is 2.58 bits per heavy atom. The lowest BCUT2D eigenvalue weighted by molar-refractivity contribution is -0.149. The summed E-state index contributed by atoms with van der Waals surface area (Å²) < 4.78 is 10.8. The molecule has 0 spiro atoms. The highest BCUT2D eigenvalue weighted by atomic mass is 16.5. The summed E-state index contributed by atoms with van der Waals surface area (Å²) in [6.45, 7) is 5.81. The van der Waals surface area contributed by atoms with Crippen LogP contribution in [0.2, 0.25) is 0 Å². The number of ether oxygens (including phenoxy) is 2. The van der Waals surface area contributed by atoms with E-state index in [9.17, 15) is 9.90 Å². The average Bonchev–Trinajstić information content (AvgIpc) is 2.30. The number of phenols is 1. The van der Waals surface area contributed by atoms with Crippen molar-refractivity contribution in [2.24, 2.45) is 0 Å². The van der Waals surface area contributed by atoms with Crippen molar-refractivity contribution in [1.29, 1.82) is 0 Å². The summed E-state index contributed by atoms with van der Waals surface area (Å²) in [7, 11) is 0. The van der Waals surface area contributed by atoms with E-state index >= 15 is 0 Å². The number of phenolic OH excluding ortho intramolecular Hbond substituents is 1. The molecule has 0 aliphatic carbocycles. The van der Waals surface area contributed by atoms with Crippen molar-refractivity contribution in [3.63, 3.8) is 0 Å². The second-order valence-electron chi connectivity index (χ2n) is 4.44. The van der Waals surface area contributed by atoms with Gasteiger partial charge >= 0.3 is 5.97 Å². The molecule has 0 heterocycles. The Morgan fingerprint density at radius 2 is 2.05 bits per heavy atom. The van der Waals surface area contributed by atoms with Gasteiger partial charge in [-0.05, 0) is 32.4 Å². The van der Waals surface area contributed by atoms with Crippen molar-refractivity contribution in [1.82, 2.24) is 0 Å². The van der Waals surface area contributed by atoms with Gasteiger partial charge in [0.15, 0.2) is 6.10 Å². The number of benzene rings is 1. The van der Waals surface area contributed by atoms with Crippen LogP contribution in [0.4, 0.5) is 0 Å². The third-order valence-corrected chi connectivity index (χ3v) is 2.46. The van der Waals surface area contributed by atoms with Gasteiger partial charge in [-0.2, -0.15) is 0 Å². The molecule has 106 valence electrons. The highest BCUT2D eigenvalue weighted by Crippen LogP contribution is 2.26. The minimum absolute atomic E-state index is 0.0593. The lowest BCUT2D eigenvalue weighted by Crippen LogP contribution is -2.26. The average molecular weight is 268 g/mol. The summed E-state index contributed by atoms with van der Waals surface area (Å²) in [6, 6.07) is 4.65. The maximum Gasteiger partial charge on any atom is 0.333 e. The van der Waals surface area contributed by atoms with Gasteiger partial charge in [-0.25, -0.2) is 4.79 Å². The molecule has 2 N–H and O–H groups in total. The van der Waals surface area contributed by atoms with Gasteiger partial charge in [-0.1, -0.05) is 6.07 Å². The molecule has 0 radical (unpaired) electrons. The molecular formula is C14H20O5. The van der Waals surface area contributed by atoms with Crippen LogP contribution in [0.25, 0.3) is 0 Å². The van der Waals surface area contributed by atoms with Crippen LogP contribution >= 0.6 is 0 Å². The maximum absolute atomic E-state index is 11.1. The molecule has 0 bridgehead atoms. The number of aliphatic carboxylic acids is 1. The third kappa shape index (κ3) is 4.79. The van der Waals surface area contributed by atoms with E-state index in [4.69, 9.17) is 14.6 Å². The van der Waals surface area contributed by atoms with E-state index in [1.807, 2.05) is 13.8 Å². The molecule has 1 aromatic rings. The van der Waals surface area contributed by atoms with Gasteiger partial charge in [0.1, 0.15) is 11.5 Å². The third-order valence-electron chi connectivity index (χ3n) is 2.46. The van der Waals surface area contributed by atoms with Gasteiger partial charge in [0.05, 0.1) is 6.10 Å². The Bertz CT molecular complexity index is 428. The van der Waals surface area contributed by atoms with Crippen molar-refractivity contribution in [2.45, 2.75) is 39.4 Å². The summed E-state index contributed by atoms with van der Waals surface area (Å²) >= 11 is 0. The van der Waals surface area contributed by atoms with Gasteiger partial charge in [-0.3, -0.25) is 0 Å². The predicted molar refractivity (Wildman–Crippen MR) is 70.6 cm³/mol. The molecule has 0 aliphatic heterocycles. The van der Waals surface area contributed by atoms with Crippen molar-refractivity contribution < 1.29 is 24.5 Å². The van der Waals surface area contributed by atoms with Crippen LogP contribution < -0.4 is 4.74 Å². The zero-order valence-corrected chi connectivity index (χ0v) is 11.4. The van der Waals surface area contributed by atoms with Crippen molar-refractivity contribution in [2.75, 3.05) is 6.61 Å². The maximum atomic E-state index is 11.1. The van der Waals surface area contributed by atoms with Crippen molar-refractivity contribution in [3.05, 3.63) is 23.8 Å². The number of hydrogen-bond donors (Lipinski definition) is 2. The summed E-state index contributed by atoms with van der Waals surface area (Å²) in [5.74, 6) is -0.436. The number of rotatable bonds is 7. The van der Waals surface area contributed by atoms with Crippen LogP contribution in [0.3, 0.4) is 0 Å². The summed E-state index contributed by atoms with van der Waals surface area (Å²) in [5.41, 5.74) is 0.701. The molecule has 0 aromatic heterocycles. The molecule has 5 heteroatoms. The highest BCUT2D eigenvalue weighted by molar-refractivity contribution is 5.73. The fraction of sp³-hybridized carbons (Fsp3) is 0.500. The van der Waals surface area contributed by atoms with E-state index < -0.39 is 12.1 Å². The van der Waals surface area contributed by atoms with Gasteiger partial charge in [-0.15, -0.1) is 0 Å². The quantitative estimate of drug-likeness (QED) is 0.793. The van der Waals surface area contributed by atoms with Gasteiger partial charge < -0.3 is 19.7 Å². The van der Waals surface area contributed by atoms with Gasteiger partial charge in [0.25, 0.3) is 0 Å². The fourth-order valence-corrected chi connectivity index (χ4v) is 1.69. The molecule has 0 saturated heterocycles. The van der Waals surface area contributed by atoms with Crippen LogP contribution in [0.5, 0.6) is 11.5 Å². The number of hydrogen-bond acceptors (Lipinski definition) is 4. The minimum Gasteiger partial charge on any atom is -0.508 e. The molecule has 0 amide bonds. The van der Waals surface area contributed by atoms with Crippen molar-refractivity contribution >= 4 is 5.97 Å². The van der Waals surface area contributed by atoms with E-state index in [0.29, 0.717) is 17.9 Å². The molecule has 0 aliphatic rings. The Hall–Kier alpha value is -1.75. The highest BCUT2D eigenvalue weighted by Gasteiger charge is 2.20. The molecular weight excluding hydrogens is 248 g/mol. The van der Waals surface area contributed by atoms with E-state index in [0.717, 1.165) is 0 Å². The Kier molecular flexibility index (Phi) is 5.63. The monoisotopic (exact) mass is 268 g/mol. The standard InChI is InChI=1S/C14H20O5/c1-4-18-13(14(16)17)7-10-5-6-11(15)8-12(10)19-9(2)3/h5-6,8-9,13,15H,4,7H2,1-3H3,(H,16,17). The van der Waals surface area contributed by atoms with E-state index in [2.05, 4.69) is 0 Å². The second-order valence-corrected chi connectivity index (χ2v) is 4.44. The first-order valence-corrected chi connectivity index (χ1v) is 6.27. The first-order valence-electron chi connectivity index (χ1n) is 6.27. The fourth-order valence-electron chi connectivity index (χ4n) is 1.69. The lowest BCUT2D eigenvalue weighted by Gasteiger charge is -2.17. The zero-order chi connectivity index (χ0) is 14.4. The van der Waals surface area contributed by atoms with Gasteiger partial charge in [0.2, 0.25) is 0 Å². The molecule has 0 fully saturated rings. The van der Waals surface area contributed by atoms with Crippen LogP contribution in [-0.2, 0) is 16.0 Å². The second kappa shape index (κ2) is 6.99. The Morgan fingerprint density at radius 1 is 1.37 bits per heavy atom. The number of carbonyl (C=O) groups is 1. The van der Waals surface area contributed by atoms with Crippen LogP contribution in [-0.4, -0.2) is 35.0 Å². The topological polar surface area (TPSA) is 76.0 Å².